The van der Waals surface area contributed by atoms with Gasteiger partial charge in [0.05, 0.1) is 11.7 Å². The van der Waals surface area contributed by atoms with Crippen LogP contribution in [-0.4, -0.2) is 23.4 Å². The first-order valence-electron chi connectivity index (χ1n) is 5.90. The first-order valence-corrected chi connectivity index (χ1v) is 5.90. The summed E-state index contributed by atoms with van der Waals surface area (Å²) in [5.41, 5.74) is -0.441. The third-order valence-corrected chi connectivity index (χ3v) is 3.17. The molecule has 1 heterocycles. The Labute approximate surface area is 87.7 Å². The molecule has 84 valence electrons. The summed E-state index contributed by atoms with van der Waals surface area (Å²) in [6.07, 6.45) is 4.99. The zero-order valence-corrected chi connectivity index (χ0v) is 9.75. The molecule has 0 aromatic rings. The molecular formula is C12H24O2. The predicted octanol–water partition coefficient (Wildman–Crippen LogP) is 2.74. The molecule has 14 heavy (non-hydrogen) atoms. The Morgan fingerprint density at radius 3 is 2.79 bits per heavy atom. The largest absolute Gasteiger partial charge is 0.390 e. The number of aliphatic hydroxyl groups is 1. The van der Waals surface area contributed by atoms with Crippen molar-refractivity contribution in [2.24, 2.45) is 5.92 Å². The molecule has 1 saturated heterocycles. The summed E-state index contributed by atoms with van der Waals surface area (Å²) >= 11 is 0. The van der Waals surface area contributed by atoms with E-state index in [2.05, 4.69) is 20.8 Å². The minimum Gasteiger partial charge on any atom is -0.390 e. The van der Waals surface area contributed by atoms with Crippen LogP contribution in [0.1, 0.15) is 52.9 Å². The lowest BCUT2D eigenvalue weighted by molar-refractivity contribution is -0.109. The van der Waals surface area contributed by atoms with Gasteiger partial charge in [-0.2, -0.15) is 0 Å². The Kier molecular flexibility index (Phi) is 4.39. The topological polar surface area (TPSA) is 29.5 Å². The molecular weight excluding hydrogens is 176 g/mol. The van der Waals surface area contributed by atoms with Gasteiger partial charge < -0.3 is 9.84 Å². The van der Waals surface area contributed by atoms with Gasteiger partial charge in [0.25, 0.3) is 0 Å². The monoisotopic (exact) mass is 200 g/mol. The minimum absolute atomic E-state index is 0.279. The van der Waals surface area contributed by atoms with E-state index in [9.17, 15) is 5.11 Å². The van der Waals surface area contributed by atoms with E-state index in [0.29, 0.717) is 5.92 Å². The Hall–Kier alpha value is -0.0800. The van der Waals surface area contributed by atoms with E-state index in [1.54, 1.807) is 0 Å². The molecule has 2 heteroatoms. The summed E-state index contributed by atoms with van der Waals surface area (Å²) in [5.74, 6) is 0.682. The van der Waals surface area contributed by atoms with Crippen molar-refractivity contribution in [2.75, 3.05) is 6.61 Å². The summed E-state index contributed by atoms with van der Waals surface area (Å²) in [6.45, 7) is 7.27. The smallest absolute Gasteiger partial charge is 0.0694 e. The van der Waals surface area contributed by atoms with E-state index < -0.39 is 5.60 Å². The molecule has 1 aliphatic rings. The van der Waals surface area contributed by atoms with Crippen LogP contribution in [0.5, 0.6) is 0 Å². The van der Waals surface area contributed by atoms with E-state index in [4.69, 9.17) is 4.74 Å². The lowest BCUT2D eigenvalue weighted by Gasteiger charge is -2.37. The van der Waals surface area contributed by atoms with Gasteiger partial charge in [0.2, 0.25) is 0 Å². The first kappa shape index (κ1) is 12.0. The van der Waals surface area contributed by atoms with Crippen LogP contribution in [0, 0.1) is 5.92 Å². The Balaban J connectivity index is 2.38. The van der Waals surface area contributed by atoms with Gasteiger partial charge in [-0.1, -0.05) is 20.8 Å². The molecule has 2 nitrogen and oxygen atoms in total. The van der Waals surface area contributed by atoms with Crippen LogP contribution in [0.4, 0.5) is 0 Å². The van der Waals surface area contributed by atoms with Gasteiger partial charge in [-0.15, -0.1) is 0 Å². The lowest BCUT2D eigenvalue weighted by atomic mass is 9.84. The van der Waals surface area contributed by atoms with Gasteiger partial charge in [0.1, 0.15) is 0 Å². The van der Waals surface area contributed by atoms with E-state index in [0.717, 1.165) is 38.7 Å². The van der Waals surface area contributed by atoms with E-state index in [1.165, 1.54) is 0 Å². The van der Waals surface area contributed by atoms with E-state index >= 15 is 0 Å². The summed E-state index contributed by atoms with van der Waals surface area (Å²) in [7, 11) is 0. The fourth-order valence-corrected chi connectivity index (χ4v) is 2.05. The third-order valence-electron chi connectivity index (χ3n) is 3.17. The molecule has 0 aliphatic carbocycles. The van der Waals surface area contributed by atoms with Crippen LogP contribution >= 0.6 is 0 Å². The molecule has 1 N–H and O–H groups in total. The van der Waals surface area contributed by atoms with Gasteiger partial charge in [-0.05, 0) is 31.6 Å². The second kappa shape index (κ2) is 5.13. The van der Waals surface area contributed by atoms with Gasteiger partial charge in [0, 0.05) is 13.0 Å². The highest BCUT2D eigenvalue weighted by Gasteiger charge is 2.33. The zero-order chi connectivity index (χ0) is 10.6. The van der Waals surface area contributed by atoms with Crippen LogP contribution in [0.3, 0.4) is 0 Å². The summed E-state index contributed by atoms with van der Waals surface area (Å²) < 4.78 is 5.57. The van der Waals surface area contributed by atoms with Crippen molar-refractivity contribution in [3.05, 3.63) is 0 Å². The summed E-state index contributed by atoms with van der Waals surface area (Å²) in [4.78, 5) is 0. The van der Waals surface area contributed by atoms with Crippen LogP contribution in [-0.2, 0) is 4.74 Å². The Morgan fingerprint density at radius 1 is 1.50 bits per heavy atom. The molecule has 2 atom stereocenters. The highest BCUT2D eigenvalue weighted by molar-refractivity contribution is 4.85. The number of rotatable bonds is 4. The van der Waals surface area contributed by atoms with Crippen molar-refractivity contribution in [3.63, 3.8) is 0 Å². The second-order valence-corrected chi connectivity index (χ2v) is 5.01. The van der Waals surface area contributed by atoms with Gasteiger partial charge in [-0.25, -0.2) is 0 Å². The molecule has 0 aromatic carbocycles. The summed E-state index contributed by atoms with van der Waals surface area (Å²) in [5, 5.41) is 10.3. The number of hydrogen-bond acceptors (Lipinski definition) is 2. The zero-order valence-electron chi connectivity index (χ0n) is 9.75. The van der Waals surface area contributed by atoms with Gasteiger partial charge in [0.15, 0.2) is 0 Å². The number of hydrogen-bond donors (Lipinski definition) is 1. The average molecular weight is 200 g/mol. The van der Waals surface area contributed by atoms with Crippen molar-refractivity contribution in [2.45, 2.75) is 64.6 Å². The third kappa shape index (κ3) is 3.58. The lowest BCUT2D eigenvalue weighted by Crippen LogP contribution is -2.40. The average Bonchev–Trinajstić information content (AvgIpc) is 2.15. The standard InChI is InChI=1S/C12H24O2/c1-4-11-9-12(13,7-8-14-11)6-5-10(2)3/h10-11,13H,4-9H2,1-3H3. The van der Waals surface area contributed by atoms with Crippen molar-refractivity contribution in [3.8, 4) is 0 Å². The van der Waals surface area contributed by atoms with Crippen LogP contribution < -0.4 is 0 Å². The summed E-state index contributed by atoms with van der Waals surface area (Å²) in [6, 6.07) is 0. The highest BCUT2D eigenvalue weighted by atomic mass is 16.5. The molecule has 0 amide bonds. The van der Waals surface area contributed by atoms with E-state index in [-0.39, 0.29) is 6.10 Å². The highest BCUT2D eigenvalue weighted by Crippen LogP contribution is 2.31. The maximum Gasteiger partial charge on any atom is 0.0694 e. The van der Waals surface area contributed by atoms with E-state index in [1.807, 2.05) is 0 Å². The van der Waals surface area contributed by atoms with Crippen LogP contribution in [0.2, 0.25) is 0 Å². The Morgan fingerprint density at radius 2 is 2.21 bits per heavy atom. The SMILES string of the molecule is CCC1CC(O)(CCC(C)C)CCO1. The van der Waals surface area contributed by atoms with Crippen molar-refractivity contribution in [1.82, 2.24) is 0 Å². The van der Waals surface area contributed by atoms with Crippen LogP contribution in [0.25, 0.3) is 0 Å². The fourth-order valence-electron chi connectivity index (χ4n) is 2.05. The molecule has 1 aliphatic heterocycles. The first-order chi connectivity index (χ1) is 6.56. The molecule has 0 radical (unpaired) electrons. The van der Waals surface area contributed by atoms with Crippen molar-refractivity contribution in [1.29, 1.82) is 0 Å². The molecule has 1 fully saturated rings. The van der Waals surface area contributed by atoms with Crippen LogP contribution in [0.15, 0.2) is 0 Å². The maximum absolute atomic E-state index is 10.3. The molecule has 0 aromatic heterocycles. The molecule has 2 unspecified atom stereocenters. The number of ether oxygens (including phenoxy) is 1. The van der Waals surface area contributed by atoms with Gasteiger partial charge in [-0.3, -0.25) is 0 Å². The predicted molar refractivity (Wildman–Crippen MR) is 58.3 cm³/mol. The quantitative estimate of drug-likeness (QED) is 0.756. The van der Waals surface area contributed by atoms with Crippen molar-refractivity contribution < 1.29 is 9.84 Å². The maximum atomic E-state index is 10.3. The molecule has 0 spiro atoms. The Bertz CT molecular complexity index is 168. The molecule has 1 rings (SSSR count). The van der Waals surface area contributed by atoms with Gasteiger partial charge >= 0.3 is 0 Å². The molecule has 0 bridgehead atoms. The second-order valence-electron chi connectivity index (χ2n) is 5.01. The normalized spacial score (nSPS) is 33.6. The fraction of sp³-hybridized carbons (Fsp3) is 1.00. The minimum atomic E-state index is -0.441. The molecule has 0 saturated carbocycles. The van der Waals surface area contributed by atoms with Crippen molar-refractivity contribution >= 4 is 0 Å².